The lowest BCUT2D eigenvalue weighted by Crippen LogP contribution is -2.50. The molecule has 2 aromatic carbocycles. The van der Waals surface area contributed by atoms with Crippen molar-refractivity contribution in [2.24, 2.45) is 0 Å². The third-order valence-electron chi connectivity index (χ3n) is 4.86. The Kier molecular flexibility index (Phi) is 5.86. The van der Waals surface area contributed by atoms with Crippen molar-refractivity contribution >= 4 is 54.0 Å². The molecule has 1 fully saturated rings. The Morgan fingerprint density at radius 2 is 1.83 bits per heavy atom. The molecule has 2 heterocycles. The first-order chi connectivity index (χ1) is 14.3. The van der Waals surface area contributed by atoms with E-state index in [1.165, 1.54) is 17.6 Å². The Labute approximate surface area is 183 Å². The van der Waals surface area contributed by atoms with Gasteiger partial charge in [-0.1, -0.05) is 22.9 Å². The molecule has 1 aromatic heterocycles. The van der Waals surface area contributed by atoms with Crippen LogP contribution in [0.2, 0.25) is 5.02 Å². The first-order valence-corrected chi connectivity index (χ1v) is 12.4. The predicted octanol–water partition coefficient (Wildman–Crippen LogP) is 3.08. The van der Waals surface area contributed by atoms with Crippen LogP contribution in [0.4, 0.5) is 5.13 Å². The van der Waals surface area contributed by atoms with E-state index in [4.69, 9.17) is 16.3 Å². The minimum Gasteiger partial charge on any atom is -0.484 e. The fourth-order valence-corrected chi connectivity index (χ4v) is 5.08. The fraction of sp³-hybridized carbons (Fsp3) is 0.300. The highest BCUT2D eigenvalue weighted by Gasteiger charge is 2.23. The summed E-state index contributed by atoms with van der Waals surface area (Å²) in [5, 5.41) is 1.45. The Hall–Kier alpha value is -2.36. The first-order valence-electron chi connectivity index (χ1n) is 9.31. The Balaban J connectivity index is 1.35. The summed E-state index contributed by atoms with van der Waals surface area (Å²) in [4.78, 5) is 21.3. The summed E-state index contributed by atoms with van der Waals surface area (Å²) in [6.07, 6.45) is 1.20. The maximum absolute atomic E-state index is 12.4. The third kappa shape index (κ3) is 4.69. The summed E-state index contributed by atoms with van der Waals surface area (Å²) in [7, 11) is -3.25. The van der Waals surface area contributed by atoms with Crippen LogP contribution >= 0.6 is 22.9 Å². The number of ether oxygens (including phenoxy) is 1. The highest BCUT2D eigenvalue weighted by Crippen LogP contribution is 2.31. The van der Waals surface area contributed by atoms with Crippen molar-refractivity contribution in [3.05, 3.63) is 47.5 Å². The molecule has 1 aliphatic heterocycles. The highest BCUT2D eigenvalue weighted by atomic mass is 35.5. The average Bonchev–Trinajstić information content (AvgIpc) is 3.16. The number of nitrogens with zero attached hydrogens (tertiary/aromatic N) is 3. The molecule has 30 heavy (non-hydrogen) atoms. The molecule has 1 aliphatic rings. The van der Waals surface area contributed by atoms with Crippen molar-refractivity contribution in [1.29, 1.82) is 0 Å². The predicted molar refractivity (Wildman–Crippen MR) is 118 cm³/mol. The van der Waals surface area contributed by atoms with E-state index < -0.39 is 9.84 Å². The van der Waals surface area contributed by atoms with E-state index >= 15 is 0 Å². The minimum absolute atomic E-state index is 0.0168. The van der Waals surface area contributed by atoms with E-state index in [1.54, 1.807) is 47.4 Å². The number of aromatic nitrogens is 1. The molecule has 0 atom stereocenters. The van der Waals surface area contributed by atoms with Crippen molar-refractivity contribution in [2.45, 2.75) is 4.90 Å². The number of fused-ring (bicyclic) bond motifs is 1. The molecule has 0 bridgehead atoms. The molecule has 0 unspecified atom stereocenters. The van der Waals surface area contributed by atoms with Crippen LogP contribution in [0, 0.1) is 0 Å². The molecule has 0 radical (unpaired) electrons. The van der Waals surface area contributed by atoms with E-state index in [1.807, 2.05) is 0 Å². The van der Waals surface area contributed by atoms with Crippen LogP contribution in [0.5, 0.6) is 5.75 Å². The summed E-state index contributed by atoms with van der Waals surface area (Å²) >= 11 is 7.31. The van der Waals surface area contributed by atoms with Crippen molar-refractivity contribution in [1.82, 2.24) is 9.88 Å². The zero-order chi connectivity index (χ0) is 21.3. The van der Waals surface area contributed by atoms with Crippen LogP contribution in [0.3, 0.4) is 0 Å². The van der Waals surface area contributed by atoms with Gasteiger partial charge in [-0.05, 0) is 42.5 Å². The van der Waals surface area contributed by atoms with E-state index in [2.05, 4.69) is 9.88 Å². The van der Waals surface area contributed by atoms with Gasteiger partial charge in [0.05, 0.1) is 15.1 Å². The number of hydrogen-bond acceptors (Lipinski definition) is 7. The number of carbonyl (C=O) groups excluding carboxylic acids is 1. The van der Waals surface area contributed by atoms with Gasteiger partial charge >= 0.3 is 0 Å². The summed E-state index contributed by atoms with van der Waals surface area (Å²) in [5.41, 5.74) is 0.775. The van der Waals surface area contributed by atoms with Crippen LogP contribution in [0.25, 0.3) is 10.2 Å². The lowest BCUT2D eigenvalue weighted by molar-refractivity contribution is -0.133. The molecule has 1 saturated heterocycles. The number of benzene rings is 2. The molecule has 10 heteroatoms. The summed E-state index contributed by atoms with van der Waals surface area (Å²) in [6, 6.07) is 11.9. The normalized spacial score (nSPS) is 14.9. The van der Waals surface area contributed by atoms with Crippen molar-refractivity contribution in [3.8, 4) is 5.75 Å². The lowest BCUT2D eigenvalue weighted by atomic mass is 10.3. The monoisotopic (exact) mass is 465 g/mol. The zero-order valence-corrected chi connectivity index (χ0v) is 18.6. The maximum Gasteiger partial charge on any atom is 0.260 e. The lowest BCUT2D eigenvalue weighted by Gasteiger charge is -2.34. The first kappa shape index (κ1) is 20.9. The van der Waals surface area contributed by atoms with Crippen LogP contribution in [-0.4, -0.2) is 63.3 Å². The standard InChI is InChI=1S/C20H20ClN3O4S2/c1-30(26,27)16-6-7-17-18(12-16)29-20(22-17)24-10-8-23(9-11-24)19(25)13-28-15-4-2-14(21)3-5-15/h2-7,12H,8-11,13H2,1H3. The van der Waals surface area contributed by atoms with Crippen molar-refractivity contribution in [3.63, 3.8) is 0 Å². The fourth-order valence-electron chi connectivity index (χ4n) is 3.17. The molecular weight excluding hydrogens is 446 g/mol. The van der Waals surface area contributed by atoms with Gasteiger partial charge in [0.2, 0.25) is 0 Å². The third-order valence-corrected chi connectivity index (χ3v) is 7.30. The topological polar surface area (TPSA) is 79.8 Å². The van der Waals surface area contributed by atoms with Gasteiger partial charge < -0.3 is 14.5 Å². The smallest absolute Gasteiger partial charge is 0.260 e. The number of thiazole rings is 1. The Morgan fingerprint density at radius 1 is 1.13 bits per heavy atom. The maximum atomic E-state index is 12.4. The molecule has 0 saturated carbocycles. The second-order valence-corrected chi connectivity index (χ2v) is 10.5. The van der Waals surface area contributed by atoms with E-state index in [0.29, 0.717) is 41.8 Å². The number of sulfone groups is 1. The number of rotatable bonds is 5. The number of amides is 1. The Bertz CT molecular complexity index is 1170. The average molecular weight is 466 g/mol. The summed E-state index contributed by atoms with van der Waals surface area (Å²) in [5.74, 6) is 0.543. The van der Waals surface area contributed by atoms with E-state index in [-0.39, 0.29) is 12.5 Å². The molecule has 0 aliphatic carbocycles. The van der Waals surface area contributed by atoms with Gasteiger partial charge in [0.1, 0.15) is 5.75 Å². The van der Waals surface area contributed by atoms with Crippen LogP contribution in [-0.2, 0) is 14.6 Å². The van der Waals surface area contributed by atoms with Crippen molar-refractivity contribution < 1.29 is 17.9 Å². The zero-order valence-electron chi connectivity index (χ0n) is 16.2. The molecule has 158 valence electrons. The van der Waals surface area contributed by atoms with Gasteiger partial charge in [-0.25, -0.2) is 13.4 Å². The van der Waals surface area contributed by atoms with Gasteiger partial charge in [0.25, 0.3) is 5.91 Å². The van der Waals surface area contributed by atoms with Gasteiger partial charge in [0.15, 0.2) is 21.6 Å². The number of carbonyl (C=O) groups is 1. The van der Waals surface area contributed by atoms with Gasteiger partial charge in [-0.2, -0.15) is 0 Å². The molecule has 0 N–H and O–H groups in total. The Morgan fingerprint density at radius 3 is 2.50 bits per heavy atom. The largest absolute Gasteiger partial charge is 0.484 e. The number of hydrogen-bond donors (Lipinski definition) is 0. The molecule has 1 amide bonds. The molecular formula is C20H20ClN3O4S2. The number of piperazine rings is 1. The highest BCUT2D eigenvalue weighted by molar-refractivity contribution is 7.90. The second kappa shape index (κ2) is 8.41. The van der Waals surface area contributed by atoms with Crippen LogP contribution in [0.1, 0.15) is 0 Å². The molecule has 7 nitrogen and oxygen atoms in total. The molecule has 0 spiro atoms. The van der Waals surface area contributed by atoms with Gasteiger partial charge in [0, 0.05) is 37.5 Å². The number of anilines is 1. The van der Waals surface area contributed by atoms with Crippen molar-refractivity contribution in [2.75, 3.05) is 43.9 Å². The summed E-state index contributed by atoms with van der Waals surface area (Å²) in [6.45, 7) is 2.45. The van der Waals surface area contributed by atoms with Crippen LogP contribution < -0.4 is 9.64 Å². The van der Waals surface area contributed by atoms with Gasteiger partial charge in [-0.15, -0.1) is 0 Å². The van der Waals surface area contributed by atoms with E-state index in [9.17, 15) is 13.2 Å². The van der Waals surface area contributed by atoms with Gasteiger partial charge in [-0.3, -0.25) is 4.79 Å². The summed E-state index contributed by atoms with van der Waals surface area (Å²) < 4.78 is 29.9. The minimum atomic E-state index is -3.25. The quantitative estimate of drug-likeness (QED) is 0.576. The SMILES string of the molecule is CS(=O)(=O)c1ccc2nc(N3CCN(C(=O)COc4ccc(Cl)cc4)CC3)sc2c1. The number of halogens is 1. The molecule has 3 aromatic rings. The second-order valence-electron chi connectivity index (χ2n) is 7.01. The van der Waals surface area contributed by atoms with Crippen LogP contribution in [0.15, 0.2) is 47.4 Å². The molecule has 4 rings (SSSR count). The van der Waals surface area contributed by atoms with E-state index in [0.717, 1.165) is 15.3 Å².